The molecule has 0 spiro atoms. The number of benzene rings is 3. The fraction of sp³-hybridized carbons (Fsp3) is 0.100. The third-order valence-corrected chi connectivity index (χ3v) is 6.50. The summed E-state index contributed by atoms with van der Waals surface area (Å²) in [5, 5.41) is 0. The Morgan fingerprint density at radius 3 is 2.15 bits per heavy atom. The molecule has 1 atom stereocenters. The van der Waals surface area contributed by atoms with Gasteiger partial charge in [-0.2, -0.15) is 0 Å². The molecule has 0 unspecified atom stereocenters. The molecule has 132 valence electrons. The molecule has 0 aliphatic carbocycles. The lowest BCUT2D eigenvalue weighted by atomic mass is 9.90. The fourth-order valence-electron chi connectivity index (χ4n) is 3.42. The number of rotatable bonds is 2. The van der Waals surface area contributed by atoms with Gasteiger partial charge in [-0.05, 0) is 60.5 Å². The van der Waals surface area contributed by atoms with Gasteiger partial charge in [0.2, 0.25) is 0 Å². The van der Waals surface area contributed by atoms with Crippen LogP contribution in [0.15, 0.2) is 71.6 Å². The van der Waals surface area contributed by atoms with E-state index < -0.39 is 27.7 Å². The minimum atomic E-state index is -3.95. The highest BCUT2D eigenvalue weighted by atomic mass is 32.2. The van der Waals surface area contributed by atoms with E-state index in [1.54, 1.807) is 31.2 Å². The van der Waals surface area contributed by atoms with Crippen LogP contribution in [-0.4, -0.2) is 8.42 Å². The standard InChI is InChI=1S/C20H15F2NO2S/c1-13-19-11-14(21)7-9-17(19)18-10-8-15(22)12-20(18)23(13)26(24,25)16-5-3-2-4-6-16/h2-13H,1H3/t13-/m0/s1. The van der Waals surface area contributed by atoms with Crippen molar-refractivity contribution in [2.45, 2.75) is 17.9 Å². The van der Waals surface area contributed by atoms with Gasteiger partial charge < -0.3 is 0 Å². The van der Waals surface area contributed by atoms with Gasteiger partial charge in [0.05, 0.1) is 16.6 Å². The van der Waals surface area contributed by atoms with Crippen molar-refractivity contribution in [3.05, 3.63) is 83.9 Å². The second-order valence-corrected chi connectivity index (χ2v) is 8.00. The van der Waals surface area contributed by atoms with Crippen LogP contribution < -0.4 is 4.31 Å². The zero-order chi connectivity index (χ0) is 18.5. The summed E-state index contributed by atoms with van der Waals surface area (Å²) in [7, 11) is -3.95. The van der Waals surface area contributed by atoms with Crippen molar-refractivity contribution in [1.29, 1.82) is 0 Å². The van der Waals surface area contributed by atoms with Crippen LogP contribution in [0.3, 0.4) is 0 Å². The third kappa shape index (κ3) is 2.49. The highest BCUT2D eigenvalue weighted by molar-refractivity contribution is 7.92. The summed E-state index contributed by atoms with van der Waals surface area (Å²) in [4.78, 5) is 0.0990. The number of hydrogen-bond acceptors (Lipinski definition) is 2. The molecular formula is C20H15F2NO2S. The zero-order valence-electron chi connectivity index (χ0n) is 13.9. The monoisotopic (exact) mass is 371 g/mol. The first-order chi connectivity index (χ1) is 12.4. The van der Waals surface area contributed by atoms with Crippen molar-refractivity contribution in [3.63, 3.8) is 0 Å². The van der Waals surface area contributed by atoms with Crippen LogP contribution in [-0.2, 0) is 10.0 Å². The minimum Gasteiger partial charge on any atom is -0.258 e. The van der Waals surface area contributed by atoms with E-state index in [0.29, 0.717) is 16.7 Å². The van der Waals surface area contributed by atoms with Gasteiger partial charge in [-0.25, -0.2) is 17.2 Å². The van der Waals surface area contributed by atoms with Crippen molar-refractivity contribution in [1.82, 2.24) is 0 Å². The van der Waals surface area contributed by atoms with E-state index in [1.165, 1.54) is 46.8 Å². The molecule has 26 heavy (non-hydrogen) atoms. The van der Waals surface area contributed by atoms with Gasteiger partial charge in [0, 0.05) is 5.56 Å². The average molecular weight is 371 g/mol. The molecule has 0 radical (unpaired) electrons. The topological polar surface area (TPSA) is 37.4 Å². The number of hydrogen-bond donors (Lipinski definition) is 0. The molecule has 0 N–H and O–H groups in total. The Bertz CT molecular complexity index is 1100. The van der Waals surface area contributed by atoms with Crippen molar-refractivity contribution < 1.29 is 17.2 Å². The largest absolute Gasteiger partial charge is 0.264 e. The SMILES string of the molecule is C[C@H]1c2cc(F)ccc2-c2ccc(F)cc2N1S(=O)(=O)c1ccccc1. The second-order valence-electron chi connectivity index (χ2n) is 6.18. The maximum absolute atomic E-state index is 13.9. The molecule has 6 heteroatoms. The lowest BCUT2D eigenvalue weighted by Crippen LogP contribution is -2.36. The van der Waals surface area contributed by atoms with Gasteiger partial charge in [0.1, 0.15) is 11.6 Å². The Balaban J connectivity index is 2.01. The molecule has 0 aromatic heterocycles. The third-order valence-electron chi connectivity index (χ3n) is 4.60. The highest BCUT2D eigenvalue weighted by Gasteiger charge is 2.37. The Hall–Kier alpha value is -2.73. The maximum atomic E-state index is 13.9. The summed E-state index contributed by atoms with van der Waals surface area (Å²) in [6, 6.07) is 15.5. The zero-order valence-corrected chi connectivity index (χ0v) is 14.7. The van der Waals surface area contributed by atoms with Gasteiger partial charge in [-0.15, -0.1) is 0 Å². The molecule has 0 amide bonds. The van der Waals surface area contributed by atoms with Crippen molar-refractivity contribution in [2.24, 2.45) is 0 Å². The second kappa shape index (κ2) is 5.92. The van der Waals surface area contributed by atoms with Crippen molar-refractivity contribution in [3.8, 4) is 11.1 Å². The predicted octanol–water partition coefficient (Wildman–Crippen LogP) is 4.90. The molecule has 1 aliphatic heterocycles. The van der Waals surface area contributed by atoms with Gasteiger partial charge in [0.25, 0.3) is 10.0 Å². The van der Waals surface area contributed by atoms with Gasteiger partial charge in [-0.3, -0.25) is 4.31 Å². The van der Waals surface area contributed by atoms with Crippen LogP contribution >= 0.6 is 0 Å². The van der Waals surface area contributed by atoms with E-state index in [9.17, 15) is 17.2 Å². The van der Waals surface area contributed by atoms with E-state index in [0.717, 1.165) is 0 Å². The van der Waals surface area contributed by atoms with Crippen molar-refractivity contribution in [2.75, 3.05) is 4.31 Å². The van der Waals surface area contributed by atoms with E-state index in [-0.39, 0.29) is 10.6 Å². The number of anilines is 1. The summed E-state index contributed by atoms with van der Waals surface area (Å²) in [6.07, 6.45) is 0. The Labute approximate surface area is 150 Å². The molecule has 0 fully saturated rings. The smallest absolute Gasteiger partial charge is 0.258 e. The Morgan fingerprint density at radius 1 is 0.846 bits per heavy atom. The molecule has 0 saturated carbocycles. The summed E-state index contributed by atoms with van der Waals surface area (Å²) in [5.41, 5.74) is 2.05. The molecule has 3 aromatic rings. The number of halogens is 2. The molecular weight excluding hydrogens is 356 g/mol. The number of sulfonamides is 1. The van der Waals surface area contributed by atoms with Gasteiger partial charge >= 0.3 is 0 Å². The van der Waals surface area contributed by atoms with Crippen LogP contribution in [0, 0.1) is 11.6 Å². The van der Waals surface area contributed by atoms with Crippen LogP contribution in [0.5, 0.6) is 0 Å². The molecule has 1 aliphatic rings. The Morgan fingerprint density at radius 2 is 1.46 bits per heavy atom. The Kier molecular flexibility index (Phi) is 3.80. The van der Waals surface area contributed by atoms with E-state index >= 15 is 0 Å². The first-order valence-corrected chi connectivity index (χ1v) is 9.52. The number of fused-ring (bicyclic) bond motifs is 3. The molecule has 0 saturated heterocycles. The van der Waals surface area contributed by atoms with Crippen LogP contribution in [0.1, 0.15) is 18.5 Å². The van der Waals surface area contributed by atoms with Gasteiger partial charge in [0.15, 0.2) is 0 Å². The lowest BCUT2D eigenvalue weighted by molar-refractivity contribution is 0.579. The maximum Gasteiger partial charge on any atom is 0.264 e. The fourth-order valence-corrected chi connectivity index (χ4v) is 5.09. The highest BCUT2D eigenvalue weighted by Crippen LogP contribution is 2.47. The quantitative estimate of drug-likeness (QED) is 0.642. The predicted molar refractivity (Wildman–Crippen MR) is 96.3 cm³/mol. The summed E-state index contributed by atoms with van der Waals surface area (Å²) in [5.74, 6) is -0.979. The van der Waals surface area contributed by atoms with Crippen molar-refractivity contribution >= 4 is 15.7 Å². The van der Waals surface area contributed by atoms with Crippen LogP contribution in [0.4, 0.5) is 14.5 Å². The molecule has 3 aromatic carbocycles. The molecule has 0 bridgehead atoms. The summed E-state index contributed by atoms with van der Waals surface area (Å²) in [6.45, 7) is 1.67. The van der Waals surface area contributed by atoms with E-state index in [1.807, 2.05) is 0 Å². The summed E-state index contributed by atoms with van der Waals surface area (Å²) >= 11 is 0. The van der Waals surface area contributed by atoms with Gasteiger partial charge in [-0.1, -0.05) is 24.3 Å². The molecule has 4 rings (SSSR count). The number of nitrogens with zero attached hydrogens (tertiary/aromatic N) is 1. The minimum absolute atomic E-state index is 0.0990. The summed E-state index contributed by atoms with van der Waals surface area (Å²) < 4.78 is 55.5. The van der Waals surface area contributed by atoms with E-state index in [4.69, 9.17) is 0 Å². The van der Waals surface area contributed by atoms with Crippen LogP contribution in [0.2, 0.25) is 0 Å². The van der Waals surface area contributed by atoms with Crippen LogP contribution in [0.25, 0.3) is 11.1 Å². The lowest BCUT2D eigenvalue weighted by Gasteiger charge is -2.37. The average Bonchev–Trinajstić information content (AvgIpc) is 2.62. The first kappa shape index (κ1) is 16.7. The molecule has 3 nitrogen and oxygen atoms in total. The normalized spacial score (nSPS) is 16.1. The van der Waals surface area contributed by atoms with E-state index in [2.05, 4.69) is 0 Å². The first-order valence-electron chi connectivity index (χ1n) is 8.08. The molecule has 1 heterocycles.